The third kappa shape index (κ3) is 4.82. The summed E-state index contributed by atoms with van der Waals surface area (Å²) in [5.74, 6) is 0.703. The largest absolute Gasteiger partial charge is 0.491 e. The van der Waals surface area contributed by atoms with Gasteiger partial charge in [0.15, 0.2) is 9.84 Å². The second-order valence-electron chi connectivity index (χ2n) is 6.95. The molecule has 130 valence electrons. The number of hydrogen-bond donors (Lipinski definition) is 1. The molecule has 2 aromatic carbocycles. The van der Waals surface area contributed by atoms with E-state index in [9.17, 15) is 13.5 Å². The second kappa shape index (κ2) is 6.95. The number of aliphatic hydroxyl groups excluding tert-OH is 1. The molecule has 24 heavy (non-hydrogen) atoms. The highest BCUT2D eigenvalue weighted by Crippen LogP contribution is 2.26. The van der Waals surface area contributed by atoms with E-state index in [0.717, 1.165) is 11.8 Å². The third-order valence-electron chi connectivity index (χ3n) is 3.80. The van der Waals surface area contributed by atoms with Gasteiger partial charge in [0.25, 0.3) is 0 Å². The van der Waals surface area contributed by atoms with E-state index in [4.69, 9.17) is 4.74 Å². The summed E-state index contributed by atoms with van der Waals surface area (Å²) >= 11 is 0. The van der Waals surface area contributed by atoms with Crippen LogP contribution >= 0.6 is 0 Å². The van der Waals surface area contributed by atoms with Crippen molar-refractivity contribution >= 4 is 9.84 Å². The highest BCUT2D eigenvalue weighted by Gasteiger charge is 2.15. The van der Waals surface area contributed by atoms with Crippen LogP contribution < -0.4 is 4.74 Å². The Bertz CT molecular complexity index is 787. The lowest BCUT2D eigenvalue weighted by Crippen LogP contribution is -2.13. The summed E-state index contributed by atoms with van der Waals surface area (Å²) in [4.78, 5) is 0.234. The predicted molar refractivity (Wildman–Crippen MR) is 95.1 cm³/mol. The molecule has 0 bridgehead atoms. The summed E-state index contributed by atoms with van der Waals surface area (Å²) < 4.78 is 28.6. The molecule has 0 amide bonds. The minimum absolute atomic E-state index is 0.0272. The Morgan fingerprint density at radius 2 is 1.71 bits per heavy atom. The molecule has 0 saturated carbocycles. The van der Waals surface area contributed by atoms with Gasteiger partial charge < -0.3 is 9.84 Å². The van der Waals surface area contributed by atoms with Gasteiger partial charge in [-0.3, -0.25) is 0 Å². The molecule has 0 aliphatic heterocycles. The van der Waals surface area contributed by atoms with Gasteiger partial charge in [0.05, 0.1) is 4.90 Å². The van der Waals surface area contributed by atoms with Crippen molar-refractivity contribution in [3.8, 4) is 5.75 Å². The summed E-state index contributed by atoms with van der Waals surface area (Å²) in [7, 11) is -3.23. The lowest BCUT2D eigenvalue weighted by molar-refractivity contribution is 0.108. The van der Waals surface area contributed by atoms with Crippen molar-refractivity contribution < 1.29 is 18.3 Å². The average Bonchev–Trinajstić information content (AvgIpc) is 2.51. The molecule has 0 saturated heterocycles. The van der Waals surface area contributed by atoms with Crippen LogP contribution in [-0.2, 0) is 15.3 Å². The first-order valence-electron chi connectivity index (χ1n) is 7.79. The fourth-order valence-electron chi connectivity index (χ4n) is 2.26. The van der Waals surface area contributed by atoms with Gasteiger partial charge in [0, 0.05) is 6.26 Å². The van der Waals surface area contributed by atoms with Crippen LogP contribution in [0.15, 0.2) is 53.4 Å². The van der Waals surface area contributed by atoms with Gasteiger partial charge in [-0.25, -0.2) is 8.42 Å². The first kappa shape index (κ1) is 18.5. The maximum absolute atomic E-state index is 11.5. The summed E-state index contributed by atoms with van der Waals surface area (Å²) in [6, 6.07) is 14.0. The highest BCUT2D eigenvalue weighted by atomic mass is 32.2. The number of ether oxygens (including phenoxy) is 1. The Labute approximate surface area is 144 Å². The van der Waals surface area contributed by atoms with Crippen molar-refractivity contribution in [2.45, 2.75) is 37.2 Å². The molecular weight excluding hydrogens is 324 g/mol. The van der Waals surface area contributed by atoms with Crippen LogP contribution in [0.25, 0.3) is 0 Å². The van der Waals surface area contributed by atoms with E-state index >= 15 is 0 Å². The maximum Gasteiger partial charge on any atom is 0.175 e. The van der Waals surface area contributed by atoms with Crippen molar-refractivity contribution in [2.24, 2.45) is 0 Å². The van der Waals surface area contributed by atoms with Crippen LogP contribution in [0.1, 0.15) is 38.0 Å². The Morgan fingerprint density at radius 3 is 2.25 bits per heavy atom. The number of aliphatic hydroxyl groups is 1. The fourth-order valence-corrected chi connectivity index (χ4v) is 2.89. The third-order valence-corrected chi connectivity index (χ3v) is 4.93. The second-order valence-corrected chi connectivity index (χ2v) is 8.96. The molecule has 0 aromatic heterocycles. The Hall–Kier alpha value is -1.85. The van der Waals surface area contributed by atoms with Gasteiger partial charge in [-0.15, -0.1) is 0 Å². The molecule has 0 radical (unpaired) electrons. The van der Waals surface area contributed by atoms with Crippen LogP contribution in [0.2, 0.25) is 0 Å². The van der Waals surface area contributed by atoms with E-state index in [-0.39, 0.29) is 16.9 Å². The van der Waals surface area contributed by atoms with Gasteiger partial charge in [-0.05, 0) is 40.8 Å². The minimum atomic E-state index is -3.23. The smallest absolute Gasteiger partial charge is 0.175 e. The van der Waals surface area contributed by atoms with Crippen molar-refractivity contribution in [1.29, 1.82) is 0 Å². The molecule has 0 aliphatic rings. The van der Waals surface area contributed by atoms with E-state index in [1.807, 2.05) is 24.3 Å². The minimum Gasteiger partial charge on any atom is -0.491 e. The molecule has 0 heterocycles. The molecule has 2 aromatic rings. The Kier molecular flexibility index (Phi) is 5.35. The number of hydrogen-bond acceptors (Lipinski definition) is 4. The number of benzene rings is 2. The molecule has 1 atom stereocenters. The van der Waals surface area contributed by atoms with Gasteiger partial charge >= 0.3 is 0 Å². The lowest BCUT2D eigenvalue weighted by atomic mass is 9.87. The van der Waals surface area contributed by atoms with E-state index in [0.29, 0.717) is 11.3 Å². The van der Waals surface area contributed by atoms with Crippen LogP contribution in [0.4, 0.5) is 0 Å². The monoisotopic (exact) mass is 348 g/mol. The van der Waals surface area contributed by atoms with E-state index in [1.54, 1.807) is 12.1 Å². The van der Waals surface area contributed by atoms with Crippen LogP contribution in [0, 0.1) is 0 Å². The molecule has 1 N–H and O–H groups in total. The van der Waals surface area contributed by atoms with Gasteiger partial charge in [0.1, 0.15) is 18.5 Å². The van der Waals surface area contributed by atoms with Gasteiger partial charge in [-0.1, -0.05) is 45.0 Å². The number of rotatable bonds is 5. The predicted octanol–water partition coefficient (Wildman–Crippen LogP) is 3.50. The van der Waals surface area contributed by atoms with Crippen molar-refractivity contribution in [1.82, 2.24) is 0 Å². The van der Waals surface area contributed by atoms with Gasteiger partial charge in [-0.2, -0.15) is 0 Å². The van der Waals surface area contributed by atoms with Crippen molar-refractivity contribution in [3.05, 3.63) is 59.7 Å². The Balaban J connectivity index is 2.04. The molecule has 5 heteroatoms. The Morgan fingerprint density at radius 1 is 1.08 bits per heavy atom. The molecule has 4 nitrogen and oxygen atoms in total. The molecule has 0 spiro atoms. The quantitative estimate of drug-likeness (QED) is 0.898. The fraction of sp³-hybridized carbons (Fsp3) is 0.368. The summed E-state index contributed by atoms with van der Waals surface area (Å²) in [6.07, 6.45) is 0.334. The zero-order chi connectivity index (χ0) is 18.0. The maximum atomic E-state index is 11.5. The van der Waals surface area contributed by atoms with E-state index in [1.165, 1.54) is 12.1 Å². The average molecular weight is 348 g/mol. The zero-order valence-electron chi connectivity index (χ0n) is 14.5. The van der Waals surface area contributed by atoms with Crippen molar-refractivity contribution in [2.75, 3.05) is 12.9 Å². The van der Waals surface area contributed by atoms with E-state index < -0.39 is 15.9 Å². The molecule has 0 aliphatic carbocycles. The normalized spacial score (nSPS) is 13.5. The van der Waals surface area contributed by atoms with Gasteiger partial charge in [0.2, 0.25) is 0 Å². The molecular formula is C19H24O4S. The van der Waals surface area contributed by atoms with Crippen LogP contribution in [0.3, 0.4) is 0 Å². The molecule has 2 rings (SSSR count). The summed E-state index contributed by atoms with van der Waals surface area (Å²) in [5, 5.41) is 10.2. The zero-order valence-corrected chi connectivity index (χ0v) is 15.3. The standard InChI is InChI=1S/C19H24O4S/c1-19(2,3)15-6-5-7-16(12-15)23-13-18(20)14-8-10-17(11-9-14)24(4,21)22/h5-12,18,20H,13H2,1-4H3. The molecule has 1 unspecified atom stereocenters. The van der Waals surface area contributed by atoms with Crippen molar-refractivity contribution in [3.63, 3.8) is 0 Å². The lowest BCUT2D eigenvalue weighted by Gasteiger charge is -2.20. The molecule has 0 fully saturated rings. The first-order chi connectivity index (χ1) is 11.1. The summed E-state index contributed by atoms with van der Waals surface area (Å²) in [6.45, 7) is 6.49. The first-order valence-corrected chi connectivity index (χ1v) is 9.68. The van der Waals surface area contributed by atoms with E-state index in [2.05, 4.69) is 20.8 Å². The number of sulfone groups is 1. The topological polar surface area (TPSA) is 63.6 Å². The highest BCUT2D eigenvalue weighted by molar-refractivity contribution is 7.90. The van der Waals surface area contributed by atoms with Crippen LogP contribution in [0.5, 0.6) is 5.75 Å². The SMILES string of the molecule is CC(C)(C)c1cccc(OCC(O)c2ccc(S(C)(=O)=O)cc2)c1. The van der Waals surface area contributed by atoms with Crippen LogP contribution in [-0.4, -0.2) is 26.4 Å². The summed E-state index contributed by atoms with van der Waals surface area (Å²) in [5.41, 5.74) is 1.81.